The summed E-state index contributed by atoms with van der Waals surface area (Å²) in [6, 6.07) is 7.33. The molecule has 1 saturated heterocycles. The van der Waals surface area contributed by atoms with E-state index >= 15 is 0 Å². The maximum atomic E-state index is 12.2. The third kappa shape index (κ3) is 4.36. The summed E-state index contributed by atoms with van der Waals surface area (Å²) >= 11 is 1.79. The van der Waals surface area contributed by atoms with E-state index in [0.717, 1.165) is 65.4 Å². The van der Waals surface area contributed by atoms with Crippen molar-refractivity contribution in [3.8, 4) is 11.6 Å². The molecule has 1 aliphatic carbocycles. The fraction of sp³-hybridized carbons (Fsp3) is 0.464. The van der Waals surface area contributed by atoms with Gasteiger partial charge in [0, 0.05) is 22.4 Å². The summed E-state index contributed by atoms with van der Waals surface area (Å²) in [6.45, 7) is 9.40. The van der Waals surface area contributed by atoms with Gasteiger partial charge < -0.3 is 9.15 Å². The van der Waals surface area contributed by atoms with Crippen molar-refractivity contribution in [2.45, 2.75) is 65.3 Å². The van der Waals surface area contributed by atoms with Gasteiger partial charge >= 0.3 is 5.63 Å². The summed E-state index contributed by atoms with van der Waals surface area (Å²) in [5, 5.41) is 1.99. The third-order valence-corrected chi connectivity index (χ3v) is 8.59. The molecule has 6 rings (SSSR count). The molecule has 0 atom stereocenters. The Kier molecular flexibility index (Phi) is 5.85. The SMILES string of the molecule is CC1CCN(Cc2nc(Oc3ccc4c(C(C)C)cc(=O)oc4c3)c3c4c(sc3n2)CCC4)CC1. The van der Waals surface area contributed by atoms with Crippen LogP contribution in [0.2, 0.25) is 0 Å². The second-order valence-electron chi connectivity index (χ2n) is 10.4. The van der Waals surface area contributed by atoms with E-state index < -0.39 is 0 Å². The van der Waals surface area contributed by atoms with Crippen LogP contribution in [-0.2, 0) is 19.4 Å². The van der Waals surface area contributed by atoms with Crippen molar-refractivity contribution in [2.24, 2.45) is 5.92 Å². The quantitative estimate of drug-likeness (QED) is 0.301. The molecule has 35 heavy (non-hydrogen) atoms. The van der Waals surface area contributed by atoms with E-state index in [4.69, 9.17) is 19.1 Å². The second kappa shape index (κ2) is 9.03. The van der Waals surface area contributed by atoms with E-state index in [1.165, 1.54) is 29.7 Å². The van der Waals surface area contributed by atoms with Crippen LogP contribution in [0.4, 0.5) is 0 Å². The largest absolute Gasteiger partial charge is 0.438 e. The van der Waals surface area contributed by atoms with Gasteiger partial charge in [0.15, 0.2) is 0 Å². The third-order valence-electron chi connectivity index (χ3n) is 7.40. The van der Waals surface area contributed by atoms with Gasteiger partial charge in [-0.05, 0) is 80.3 Å². The molecule has 0 N–H and O–H groups in total. The maximum absolute atomic E-state index is 12.2. The molecule has 4 heterocycles. The Morgan fingerprint density at radius 3 is 2.80 bits per heavy atom. The van der Waals surface area contributed by atoms with Gasteiger partial charge in [-0.25, -0.2) is 9.78 Å². The normalized spacial score (nSPS) is 17.0. The van der Waals surface area contributed by atoms with Gasteiger partial charge in [0.1, 0.15) is 22.0 Å². The van der Waals surface area contributed by atoms with Crippen molar-refractivity contribution in [1.82, 2.24) is 14.9 Å². The number of aromatic nitrogens is 2. The molecule has 4 aromatic rings. The zero-order valence-corrected chi connectivity index (χ0v) is 21.4. The molecule has 0 spiro atoms. The number of likely N-dealkylation sites (tertiary alicyclic amines) is 1. The zero-order valence-electron chi connectivity index (χ0n) is 20.6. The van der Waals surface area contributed by atoms with Crippen molar-refractivity contribution in [3.63, 3.8) is 0 Å². The molecule has 0 amide bonds. The van der Waals surface area contributed by atoms with Crippen molar-refractivity contribution in [2.75, 3.05) is 13.1 Å². The van der Waals surface area contributed by atoms with Gasteiger partial charge in [-0.3, -0.25) is 4.90 Å². The predicted molar refractivity (Wildman–Crippen MR) is 140 cm³/mol. The van der Waals surface area contributed by atoms with Crippen LogP contribution in [0.3, 0.4) is 0 Å². The molecule has 0 unspecified atom stereocenters. The van der Waals surface area contributed by atoms with E-state index in [1.54, 1.807) is 17.4 Å². The number of ether oxygens (including phenoxy) is 1. The van der Waals surface area contributed by atoms with Gasteiger partial charge in [-0.1, -0.05) is 20.8 Å². The molecule has 0 bridgehead atoms. The highest BCUT2D eigenvalue weighted by molar-refractivity contribution is 7.19. The summed E-state index contributed by atoms with van der Waals surface area (Å²) in [5.41, 5.74) is 2.53. The number of fused-ring (bicyclic) bond motifs is 4. The van der Waals surface area contributed by atoms with E-state index in [1.807, 2.05) is 18.2 Å². The standard InChI is InChI=1S/C28H31N3O3S/c1-16(2)21-14-25(32)34-22-13-18(7-8-19(21)22)33-27-26-20-5-4-6-23(20)35-28(26)30-24(29-27)15-31-11-9-17(3)10-12-31/h7-8,13-14,16-17H,4-6,9-12,15H2,1-3H3. The van der Waals surface area contributed by atoms with Crippen molar-refractivity contribution >= 4 is 32.5 Å². The number of benzene rings is 1. The predicted octanol–water partition coefficient (Wildman–Crippen LogP) is 6.43. The van der Waals surface area contributed by atoms with E-state index in [0.29, 0.717) is 17.2 Å². The Morgan fingerprint density at radius 1 is 1.17 bits per heavy atom. The molecule has 6 nitrogen and oxygen atoms in total. The Labute approximate surface area is 209 Å². The van der Waals surface area contributed by atoms with Crippen LogP contribution in [0, 0.1) is 5.92 Å². The molecule has 0 saturated carbocycles. The van der Waals surface area contributed by atoms with Crippen LogP contribution in [0.5, 0.6) is 11.6 Å². The Hall–Kier alpha value is -2.77. The summed E-state index contributed by atoms with van der Waals surface area (Å²) < 4.78 is 12.0. The minimum Gasteiger partial charge on any atom is -0.438 e. The Bertz CT molecular complexity index is 1460. The van der Waals surface area contributed by atoms with Crippen LogP contribution in [0.15, 0.2) is 33.5 Å². The minimum absolute atomic E-state index is 0.226. The van der Waals surface area contributed by atoms with Gasteiger partial charge in [-0.15, -0.1) is 11.3 Å². The zero-order chi connectivity index (χ0) is 24.1. The van der Waals surface area contributed by atoms with Gasteiger partial charge in [-0.2, -0.15) is 4.98 Å². The molecule has 182 valence electrons. The highest BCUT2D eigenvalue weighted by Gasteiger charge is 2.25. The number of rotatable bonds is 5. The minimum atomic E-state index is -0.337. The molecule has 1 fully saturated rings. The first kappa shape index (κ1) is 22.7. The molecule has 1 aliphatic heterocycles. The van der Waals surface area contributed by atoms with Gasteiger partial charge in [0.25, 0.3) is 0 Å². The molecule has 2 aliphatic rings. The van der Waals surface area contributed by atoms with Crippen LogP contribution >= 0.6 is 11.3 Å². The lowest BCUT2D eigenvalue weighted by atomic mass is 9.99. The number of aryl methyl sites for hydroxylation is 2. The summed E-state index contributed by atoms with van der Waals surface area (Å²) in [6.07, 6.45) is 5.76. The summed E-state index contributed by atoms with van der Waals surface area (Å²) in [7, 11) is 0. The number of thiophene rings is 1. The van der Waals surface area contributed by atoms with Crippen LogP contribution < -0.4 is 10.4 Å². The number of hydrogen-bond donors (Lipinski definition) is 0. The second-order valence-corrected chi connectivity index (χ2v) is 11.5. The number of nitrogens with zero attached hydrogens (tertiary/aromatic N) is 3. The first-order chi connectivity index (χ1) is 16.9. The van der Waals surface area contributed by atoms with Crippen LogP contribution in [-0.4, -0.2) is 28.0 Å². The first-order valence-corrected chi connectivity index (χ1v) is 13.6. The maximum Gasteiger partial charge on any atom is 0.336 e. The highest BCUT2D eigenvalue weighted by Crippen LogP contribution is 2.42. The average molecular weight is 490 g/mol. The fourth-order valence-corrected chi connectivity index (χ4v) is 6.66. The monoisotopic (exact) mass is 489 g/mol. The smallest absolute Gasteiger partial charge is 0.336 e. The average Bonchev–Trinajstić information content (AvgIpc) is 3.41. The first-order valence-electron chi connectivity index (χ1n) is 12.7. The molecular weight excluding hydrogens is 458 g/mol. The molecule has 1 aromatic carbocycles. The fourth-order valence-electron chi connectivity index (χ4n) is 5.39. The van der Waals surface area contributed by atoms with E-state index in [9.17, 15) is 4.79 Å². The Balaban J connectivity index is 1.39. The lowest BCUT2D eigenvalue weighted by molar-refractivity contribution is 0.181. The number of piperidine rings is 1. The van der Waals surface area contributed by atoms with Crippen LogP contribution in [0.1, 0.15) is 67.8 Å². The Morgan fingerprint density at radius 2 is 2.00 bits per heavy atom. The highest BCUT2D eigenvalue weighted by atomic mass is 32.1. The van der Waals surface area contributed by atoms with Gasteiger partial charge in [0.05, 0.1) is 11.9 Å². The topological polar surface area (TPSA) is 68.5 Å². The number of hydrogen-bond acceptors (Lipinski definition) is 7. The molecule has 3 aromatic heterocycles. The molecule has 7 heteroatoms. The van der Waals surface area contributed by atoms with Crippen molar-refractivity contribution in [1.29, 1.82) is 0 Å². The van der Waals surface area contributed by atoms with E-state index in [2.05, 4.69) is 25.7 Å². The molecular formula is C28H31N3O3S. The molecule has 0 radical (unpaired) electrons. The lowest BCUT2D eigenvalue weighted by Gasteiger charge is -2.29. The van der Waals surface area contributed by atoms with Crippen molar-refractivity contribution < 1.29 is 9.15 Å². The van der Waals surface area contributed by atoms with Gasteiger partial charge in [0.2, 0.25) is 5.88 Å². The van der Waals surface area contributed by atoms with Crippen LogP contribution in [0.25, 0.3) is 21.2 Å². The van der Waals surface area contributed by atoms with E-state index in [-0.39, 0.29) is 11.5 Å². The lowest BCUT2D eigenvalue weighted by Crippen LogP contribution is -2.32. The summed E-state index contributed by atoms with van der Waals surface area (Å²) in [4.78, 5) is 27.0. The summed E-state index contributed by atoms with van der Waals surface area (Å²) in [5.74, 6) is 3.08. The van der Waals surface area contributed by atoms with Crippen molar-refractivity contribution in [3.05, 3.63) is 56.5 Å².